The number of ether oxygens (including phenoxy) is 2. The standard InChI is InChI=1S/C27H35N3O5/c1-21-5-2-3-16-29(21)17-4-18-35-25-12-8-23(9-13-25)28-26(31)27(14-19-34-20-15-27)22-6-10-24(11-7-22)30(32)33/h6-13,21H,2-5,14-20H2,1H3,(H,28,31). The lowest BCUT2D eigenvalue weighted by Crippen LogP contribution is -2.44. The van der Waals surface area contributed by atoms with Gasteiger partial charge >= 0.3 is 0 Å². The molecule has 2 aliphatic rings. The van der Waals surface area contributed by atoms with Gasteiger partial charge in [-0.2, -0.15) is 0 Å². The number of likely N-dealkylation sites (tertiary alicyclic amines) is 1. The summed E-state index contributed by atoms with van der Waals surface area (Å²) in [6.07, 6.45) is 5.94. The van der Waals surface area contributed by atoms with E-state index in [0.29, 0.717) is 44.4 Å². The number of nitro groups is 1. The van der Waals surface area contributed by atoms with Crippen LogP contribution in [0.2, 0.25) is 0 Å². The predicted octanol–water partition coefficient (Wildman–Crippen LogP) is 4.93. The van der Waals surface area contributed by atoms with Crippen molar-refractivity contribution in [3.05, 3.63) is 64.2 Å². The van der Waals surface area contributed by atoms with E-state index in [2.05, 4.69) is 17.1 Å². The van der Waals surface area contributed by atoms with Crippen molar-refractivity contribution < 1.29 is 19.2 Å². The molecular weight excluding hydrogens is 446 g/mol. The number of carbonyl (C=O) groups excluding carboxylic acids is 1. The van der Waals surface area contributed by atoms with Gasteiger partial charge in [0.25, 0.3) is 5.69 Å². The maximum Gasteiger partial charge on any atom is 0.269 e. The average molecular weight is 482 g/mol. The summed E-state index contributed by atoms with van der Waals surface area (Å²) in [5.74, 6) is 0.657. The average Bonchev–Trinajstić information content (AvgIpc) is 2.89. The minimum Gasteiger partial charge on any atom is -0.494 e. The van der Waals surface area contributed by atoms with Gasteiger partial charge in [0.2, 0.25) is 5.91 Å². The number of rotatable bonds is 9. The molecule has 188 valence electrons. The lowest BCUT2D eigenvalue weighted by Gasteiger charge is -2.36. The summed E-state index contributed by atoms with van der Waals surface area (Å²) in [5, 5.41) is 14.1. The second kappa shape index (κ2) is 11.6. The minimum atomic E-state index is -0.784. The largest absolute Gasteiger partial charge is 0.494 e. The molecule has 2 aromatic carbocycles. The molecule has 2 fully saturated rings. The molecule has 0 radical (unpaired) electrons. The number of nitrogens with zero attached hydrogens (tertiary/aromatic N) is 2. The lowest BCUT2D eigenvalue weighted by atomic mass is 9.73. The van der Waals surface area contributed by atoms with E-state index in [0.717, 1.165) is 24.3 Å². The van der Waals surface area contributed by atoms with Crippen molar-refractivity contribution in [1.82, 2.24) is 4.90 Å². The number of amides is 1. The van der Waals surface area contributed by atoms with E-state index in [1.807, 2.05) is 24.3 Å². The summed E-state index contributed by atoms with van der Waals surface area (Å²) in [6.45, 7) is 6.14. The fraction of sp³-hybridized carbons (Fsp3) is 0.519. The van der Waals surface area contributed by atoms with Gasteiger partial charge in [0.05, 0.1) is 16.9 Å². The molecule has 8 nitrogen and oxygen atoms in total. The highest BCUT2D eigenvalue weighted by molar-refractivity contribution is 5.99. The highest BCUT2D eigenvalue weighted by Crippen LogP contribution is 2.37. The summed E-state index contributed by atoms with van der Waals surface area (Å²) in [4.78, 5) is 26.6. The first-order chi connectivity index (χ1) is 17.0. The molecule has 0 spiro atoms. The molecule has 2 aliphatic heterocycles. The van der Waals surface area contributed by atoms with Gasteiger partial charge in [-0.05, 0) is 75.4 Å². The van der Waals surface area contributed by atoms with E-state index in [1.54, 1.807) is 12.1 Å². The summed E-state index contributed by atoms with van der Waals surface area (Å²) in [5.41, 5.74) is 0.690. The van der Waals surface area contributed by atoms with Gasteiger partial charge in [0.15, 0.2) is 0 Å². The minimum absolute atomic E-state index is 0.0115. The second-order valence-electron chi connectivity index (χ2n) is 9.56. The Morgan fingerprint density at radius 3 is 2.51 bits per heavy atom. The number of hydrogen-bond acceptors (Lipinski definition) is 6. The topological polar surface area (TPSA) is 93.9 Å². The molecule has 1 unspecified atom stereocenters. The molecule has 1 atom stereocenters. The van der Waals surface area contributed by atoms with Gasteiger partial charge in [-0.25, -0.2) is 0 Å². The molecule has 0 aliphatic carbocycles. The number of nitrogens with one attached hydrogen (secondary N) is 1. The highest BCUT2D eigenvalue weighted by Gasteiger charge is 2.42. The monoisotopic (exact) mass is 481 g/mol. The third kappa shape index (κ3) is 6.18. The molecule has 4 rings (SSSR count). The van der Waals surface area contributed by atoms with E-state index in [1.165, 1.54) is 37.9 Å². The number of nitro benzene ring substituents is 1. The molecule has 2 heterocycles. The summed E-state index contributed by atoms with van der Waals surface area (Å²) >= 11 is 0. The van der Waals surface area contributed by atoms with Crippen molar-refractivity contribution in [3.63, 3.8) is 0 Å². The van der Waals surface area contributed by atoms with Crippen molar-refractivity contribution in [3.8, 4) is 5.75 Å². The van der Waals surface area contributed by atoms with Crippen molar-refractivity contribution in [1.29, 1.82) is 0 Å². The first-order valence-corrected chi connectivity index (χ1v) is 12.6. The van der Waals surface area contributed by atoms with Crippen LogP contribution >= 0.6 is 0 Å². The third-order valence-electron chi connectivity index (χ3n) is 7.32. The van der Waals surface area contributed by atoms with E-state index in [9.17, 15) is 14.9 Å². The second-order valence-corrected chi connectivity index (χ2v) is 9.56. The van der Waals surface area contributed by atoms with Crippen LogP contribution < -0.4 is 10.1 Å². The fourth-order valence-corrected chi connectivity index (χ4v) is 5.10. The third-order valence-corrected chi connectivity index (χ3v) is 7.32. The van der Waals surface area contributed by atoms with E-state index in [4.69, 9.17) is 9.47 Å². The van der Waals surface area contributed by atoms with Crippen LogP contribution in [-0.2, 0) is 14.9 Å². The van der Waals surface area contributed by atoms with Gasteiger partial charge in [-0.1, -0.05) is 18.6 Å². The molecule has 1 amide bonds. The van der Waals surface area contributed by atoms with E-state index in [-0.39, 0.29) is 11.6 Å². The number of hydrogen-bond donors (Lipinski definition) is 1. The molecule has 0 bridgehead atoms. The van der Waals surface area contributed by atoms with Crippen LogP contribution in [0.1, 0.15) is 51.0 Å². The summed E-state index contributed by atoms with van der Waals surface area (Å²) < 4.78 is 11.4. The highest BCUT2D eigenvalue weighted by atomic mass is 16.6. The van der Waals surface area contributed by atoms with Crippen LogP contribution in [0.5, 0.6) is 5.75 Å². The zero-order valence-electron chi connectivity index (χ0n) is 20.4. The molecule has 35 heavy (non-hydrogen) atoms. The van der Waals surface area contributed by atoms with Gasteiger partial charge in [-0.15, -0.1) is 0 Å². The van der Waals surface area contributed by atoms with Crippen LogP contribution in [0, 0.1) is 10.1 Å². The molecule has 2 saturated heterocycles. The Kier molecular flexibility index (Phi) is 8.36. The van der Waals surface area contributed by atoms with E-state index >= 15 is 0 Å². The Bertz CT molecular complexity index is 987. The first-order valence-electron chi connectivity index (χ1n) is 12.6. The quantitative estimate of drug-likeness (QED) is 0.310. The van der Waals surface area contributed by atoms with Crippen molar-refractivity contribution in [2.45, 2.75) is 56.9 Å². The van der Waals surface area contributed by atoms with E-state index < -0.39 is 10.3 Å². The number of non-ortho nitro benzene ring substituents is 1. The Balaban J connectivity index is 1.34. The number of carbonyl (C=O) groups is 1. The predicted molar refractivity (Wildman–Crippen MR) is 135 cm³/mol. The summed E-state index contributed by atoms with van der Waals surface area (Å²) in [7, 11) is 0. The summed E-state index contributed by atoms with van der Waals surface area (Å²) in [6, 6.07) is 14.4. The van der Waals surface area contributed by atoms with Crippen molar-refractivity contribution in [2.75, 3.05) is 38.2 Å². The normalized spacial score (nSPS) is 20.2. The fourth-order valence-electron chi connectivity index (χ4n) is 5.10. The Labute approximate surface area is 206 Å². The van der Waals surface area contributed by atoms with Crippen molar-refractivity contribution >= 4 is 17.3 Å². The van der Waals surface area contributed by atoms with Crippen LogP contribution in [0.15, 0.2) is 48.5 Å². The van der Waals surface area contributed by atoms with Gasteiger partial charge in [-0.3, -0.25) is 14.9 Å². The molecule has 2 aromatic rings. The van der Waals surface area contributed by atoms with Gasteiger partial charge < -0.3 is 19.7 Å². The maximum absolute atomic E-state index is 13.4. The Hall–Kier alpha value is -2.97. The first kappa shape index (κ1) is 25.1. The molecule has 0 saturated carbocycles. The molecular formula is C27H35N3O5. The number of benzene rings is 2. The van der Waals surface area contributed by atoms with Crippen LogP contribution in [0.3, 0.4) is 0 Å². The molecule has 0 aromatic heterocycles. The van der Waals surface area contributed by atoms with Crippen LogP contribution in [0.25, 0.3) is 0 Å². The van der Waals surface area contributed by atoms with Crippen LogP contribution in [-0.4, -0.2) is 54.7 Å². The smallest absolute Gasteiger partial charge is 0.269 e. The van der Waals surface area contributed by atoms with Crippen LogP contribution in [0.4, 0.5) is 11.4 Å². The zero-order valence-corrected chi connectivity index (χ0v) is 20.4. The van der Waals surface area contributed by atoms with Gasteiger partial charge in [0.1, 0.15) is 5.75 Å². The van der Waals surface area contributed by atoms with Gasteiger partial charge in [0, 0.05) is 43.6 Å². The number of anilines is 1. The zero-order chi connectivity index (χ0) is 24.7. The number of piperidine rings is 1. The Morgan fingerprint density at radius 2 is 1.86 bits per heavy atom. The Morgan fingerprint density at radius 1 is 1.14 bits per heavy atom. The SMILES string of the molecule is CC1CCCCN1CCCOc1ccc(NC(=O)C2(c3ccc([N+](=O)[O-])cc3)CCOCC2)cc1. The van der Waals surface area contributed by atoms with Crippen molar-refractivity contribution in [2.24, 2.45) is 0 Å². The lowest BCUT2D eigenvalue weighted by molar-refractivity contribution is -0.384. The molecule has 1 N–H and O–H groups in total. The molecule has 8 heteroatoms. The maximum atomic E-state index is 13.4.